The first kappa shape index (κ1) is 19.5. The lowest BCUT2D eigenvalue weighted by Crippen LogP contribution is -2.25. The van der Waals surface area contributed by atoms with E-state index in [1.807, 2.05) is 22.9 Å². The lowest BCUT2D eigenvalue weighted by molar-refractivity contribution is 0.121. The van der Waals surface area contributed by atoms with Crippen molar-refractivity contribution >= 4 is 21.3 Å². The summed E-state index contributed by atoms with van der Waals surface area (Å²) in [5.41, 5.74) is 3.54. The molecule has 0 radical (unpaired) electrons. The number of fused-ring (bicyclic) bond motifs is 1. The summed E-state index contributed by atoms with van der Waals surface area (Å²) in [4.78, 5) is 0. The Hall–Kier alpha value is -1.86. The van der Waals surface area contributed by atoms with E-state index < -0.39 is 9.84 Å². The number of nitrogens with one attached hydrogen (secondary N) is 1. The molecule has 1 fully saturated rings. The Morgan fingerprint density at radius 2 is 1.75 bits per heavy atom. The molecule has 2 aliphatic rings. The highest BCUT2D eigenvalue weighted by Gasteiger charge is 2.28. The maximum Gasteiger partial charge on any atom is 0.158 e. The van der Waals surface area contributed by atoms with Crippen LogP contribution in [0.15, 0.2) is 24.3 Å². The third kappa shape index (κ3) is 3.96. The van der Waals surface area contributed by atoms with Gasteiger partial charge in [0.05, 0.1) is 28.8 Å². The van der Waals surface area contributed by atoms with Crippen molar-refractivity contribution in [3.63, 3.8) is 0 Å². The monoisotopic (exact) mass is 403 g/mol. The van der Waals surface area contributed by atoms with E-state index in [-0.39, 0.29) is 23.1 Å². The third-order valence-corrected chi connectivity index (χ3v) is 7.21. The van der Waals surface area contributed by atoms with Crippen LogP contribution < -0.4 is 5.32 Å². The van der Waals surface area contributed by atoms with Crippen LogP contribution in [0, 0.1) is 0 Å². The smallest absolute Gasteiger partial charge is 0.158 e. The predicted molar refractivity (Wildman–Crippen MR) is 110 cm³/mol. The fourth-order valence-corrected chi connectivity index (χ4v) is 5.82. The molecule has 4 rings (SSSR count). The van der Waals surface area contributed by atoms with Gasteiger partial charge in [-0.05, 0) is 69.7 Å². The van der Waals surface area contributed by atoms with Crippen LogP contribution in [0.1, 0.15) is 69.2 Å². The summed E-state index contributed by atoms with van der Waals surface area (Å²) >= 11 is 0. The number of aliphatic hydroxyl groups is 1. The SMILES string of the molecule is CC(C)(C)n1nc(C2CCC(O)CC2)cc1Nc1ccc2c(c1)CS(=O)(=O)C2. The zero-order valence-corrected chi connectivity index (χ0v) is 17.6. The summed E-state index contributed by atoms with van der Waals surface area (Å²) in [6.07, 6.45) is 3.39. The molecule has 0 spiro atoms. The fourth-order valence-electron chi connectivity index (χ4n) is 4.22. The van der Waals surface area contributed by atoms with Gasteiger partial charge in [-0.3, -0.25) is 0 Å². The zero-order chi connectivity index (χ0) is 20.1. The van der Waals surface area contributed by atoms with Gasteiger partial charge in [-0.25, -0.2) is 13.1 Å². The van der Waals surface area contributed by atoms with E-state index in [4.69, 9.17) is 5.10 Å². The molecule has 6 nitrogen and oxygen atoms in total. The first-order valence-corrected chi connectivity index (χ1v) is 11.8. The van der Waals surface area contributed by atoms with Gasteiger partial charge < -0.3 is 10.4 Å². The second-order valence-electron chi connectivity index (χ2n) is 9.18. The average Bonchev–Trinajstić information content (AvgIpc) is 3.14. The molecule has 0 saturated heterocycles. The summed E-state index contributed by atoms with van der Waals surface area (Å²) in [6, 6.07) is 7.90. The number of aliphatic hydroxyl groups excluding tert-OH is 1. The van der Waals surface area contributed by atoms with Gasteiger partial charge in [-0.15, -0.1) is 0 Å². The van der Waals surface area contributed by atoms with Crippen molar-refractivity contribution in [1.29, 1.82) is 0 Å². The molecule has 28 heavy (non-hydrogen) atoms. The molecule has 2 heterocycles. The number of hydrogen-bond donors (Lipinski definition) is 2. The highest BCUT2D eigenvalue weighted by atomic mass is 32.2. The second kappa shape index (κ2) is 6.88. The van der Waals surface area contributed by atoms with E-state index in [1.54, 1.807) is 0 Å². The molecule has 1 saturated carbocycles. The van der Waals surface area contributed by atoms with Gasteiger partial charge >= 0.3 is 0 Å². The molecule has 1 aliphatic carbocycles. The molecule has 2 aromatic rings. The number of anilines is 2. The molecule has 0 bridgehead atoms. The first-order chi connectivity index (χ1) is 13.1. The van der Waals surface area contributed by atoms with Gasteiger partial charge in [-0.2, -0.15) is 5.10 Å². The summed E-state index contributed by atoms with van der Waals surface area (Å²) in [5, 5.41) is 18.1. The van der Waals surface area contributed by atoms with Crippen LogP contribution in [0.25, 0.3) is 0 Å². The van der Waals surface area contributed by atoms with Gasteiger partial charge in [0.25, 0.3) is 0 Å². The molecule has 2 N–H and O–H groups in total. The summed E-state index contributed by atoms with van der Waals surface area (Å²) in [5.74, 6) is 1.54. The number of benzene rings is 1. The van der Waals surface area contributed by atoms with Crippen molar-refractivity contribution in [2.75, 3.05) is 5.32 Å². The molecule has 0 atom stereocenters. The van der Waals surface area contributed by atoms with Gasteiger partial charge in [0.15, 0.2) is 9.84 Å². The standard InChI is InChI=1S/C21H29N3O3S/c1-21(2,3)24-20(11-19(23-24)14-5-8-18(25)9-6-14)22-17-7-4-15-12-28(26,27)13-16(15)10-17/h4,7,10-11,14,18,22,25H,5-6,8-9,12-13H2,1-3H3. The third-order valence-electron chi connectivity index (χ3n) is 5.71. The number of rotatable bonds is 3. The number of aromatic nitrogens is 2. The molecule has 7 heteroatoms. The summed E-state index contributed by atoms with van der Waals surface area (Å²) < 4.78 is 25.8. The van der Waals surface area contributed by atoms with Crippen molar-refractivity contribution in [1.82, 2.24) is 9.78 Å². The first-order valence-electron chi connectivity index (χ1n) is 9.98. The Morgan fingerprint density at radius 1 is 1.07 bits per heavy atom. The molecule has 0 amide bonds. The molecule has 0 unspecified atom stereocenters. The molecular weight excluding hydrogens is 374 g/mol. The lowest BCUT2D eigenvalue weighted by atomic mass is 9.85. The Kier molecular flexibility index (Phi) is 4.78. The maximum absolute atomic E-state index is 11.9. The molecular formula is C21H29N3O3S. The minimum absolute atomic E-state index is 0.117. The number of hydrogen-bond acceptors (Lipinski definition) is 5. The van der Waals surface area contributed by atoms with Crippen molar-refractivity contribution in [3.05, 3.63) is 41.1 Å². The van der Waals surface area contributed by atoms with E-state index >= 15 is 0 Å². The van der Waals surface area contributed by atoms with Gasteiger partial charge in [0.2, 0.25) is 0 Å². The zero-order valence-electron chi connectivity index (χ0n) is 16.8. The van der Waals surface area contributed by atoms with Crippen molar-refractivity contribution in [3.8, 4) is 0 Å². The van der Waals surface area contributed by atoms with Crippen molar-refractivity contribution in [2.45, 2.75) is 75.5 Å². The van der Waals surface area contributed by atoms with E-state index in [2.05, 4.69) is 32.2 Å². The summed E-state index contributed by atoms with van der Waals surface area (Å²) in [6.45, 7) is 6.36. The van der Waals surface area contributed by atoms with Gasteiger partial charge in [0, 0.05) is 17.7 Å². The molecule has 1 aromatic carbocycles. The highest BCUT2D eigenvalue weighted by Crippen LogP contribution is 2.36. The topological polar surface area (TPSA) is 84.2 Å². The molecule has 1 aromatic heterocycles. The van der Waals surface area contributed by atoms with E-state index in [0.717, 1.165) is 54.0 Å². The predicted octanol–water partition coefficient (Wildman–Crippen LogP) is 3.83. The molecule has 152 valence electrons. The Balaban J connectivity index is 1.62. The minimum Gasteiger partial charge on any atom is -0.393 e. The molecule has 1 aliphatic heterocycles. The van der Waals surface area contributed by atoms with E-state index in [9.17, 15) is 13.5 Å². The van der Waals surface area contributed by atoms with Crippen LogP contribution in [0.4, 0.5) is 11.5 Å². The Morgan fingerprint density at radius 3 is 2.43 bits per heavy atom. The highest BCUT2D eigenvalue weighted by molar-refractivity contribution is 7.90. The van der Waals surface area contributed by atoms with Crippen molar-refractivity contribution in [2.24, 2.45) is 0 Å². The second-order valence-corrected chi connectivity index (χ2v) is 11.2. The number of nitrogens with zero attached hydrogens (tertiary/aromatic N) is 2. The van der Waals surface area contributed by atoms with Gasteiger partial charge in [0.1, 0.15) is 5.82 Å². The van der Waals surface area contributed by atoms with Gasteiger partial charge in [-0.1, -0.05) is 6.07 Å². The van der Waals surface area contributed by atoms with Crippen LogP contribution in [-0.4, -0.2) is 29.4 Å². The van der Waals surface area contributed by atoms with Crippen LogP contribution >= 0.6 is 0 Å². The van der Waals surface area contributed by atoms with E-state index in [0.29, 0.717) is 5.92 Å². The largest absolute Gasteiger partial charge is 0.393 e. The maximum atomic E-state index is 11.9. The van der Waals surface area contributed by atoms with Crippen LogP contribution in [0.5, 0.6) is 0 Å². The Labute approximate surface area is 166 Å². The number of sulfone groups is 1. The van der Waals surface area contributed by atoms with Crippen LogP contribution in [0.3, 0.4) is 0 Å². The normalized spacial score (nSPS) is 24.1. The lowest BCUT2D eigenvalue weighted by Gasteiger charge is -2.25. The fraction of sp³-hybridized carbons (Fsp3) is 0.571. The minimum atomic E-state index is -3.01. The average molecular weight is 404 g/mol. The van der Waals surface area contributed by atoms with Crippen LogP contribution in [0.2, 0.25) is 0 Å². The quantitative estimate of drug-likeness (QED) is 0.814. The Bertz CT molecular complexity index is 981. The van der Waals surface area contributed by atoms with Crippen molar-refractivity contribution < 1.29 is 13.5 Å². The van der Waals surface area contributed by atoms with Crippen LogP contribution in [-0.2, 0) is 26.9 Å². The summed E-state index contributed by atoms with van der Waals surface area (Å²) in [7, 11) is -3.01. The van der Waals surface area contributed by atoms with E-state index in [1.165, 1.54) is 0 Å².